The number of nitrogens with zero attached hydrogens (tertiary/aromatic N) is 2. The molecule has 10 nitrogen and oxygen atoms in total. The van der Waals surface area contributed by atoms with Gasteiger partial charge in [0.05, 0.1) is 27.2 Å². The molecule has 1 aliphatic heterocycles. The summed E-state index contributed by atoms with van der Waals surface area (Å²) in [5.41, 5.74) is 0.548. The molecule has 218 valence electrons. The maximum absolute atomic E-state index is 13.7. The number of ether oxygens (including phenoxy) is 4. The summed E-state index contributed by atoms with van der Waals surface area (Å²) >= 11 is 0. The lowest BCUT2D eigenvalue weighted by molar-refractivity contribution is -0.144. The van der Waals surface area contributed by atoms with Crippen molar-refractivity contribution in [2.75, 3.05) is 60.7 Å². The highest BCUT2D eigenvalue weighted by atomic mass is 16.5. The maximum Gasteiger partial charge on any atom is 0.306 e. The lowest BCUT2D eigenvalue weighted by atomic mass is 9.93. The van der Waals surface area contributed by atoms with Crippen LogP contribution in [0.4, 0.5) is 0 Å². The van der Waals surface area contributed by atoms with Crippen LogP contribution in [0.15, 0.2) is 18.2 Å². The number of esters is 1. The van der Waals surface area contributed by atoms with E-state index in [4.69, 9.17) is 18.9 Å². The number of carbonyl (C=O) groups is 3. The molecule has 0 radical (unpaired) electrons. The number of nitrogens with one attached hydrogen (secondary N) is 1. The van der Waals surface area contributed by atoms with Gasteiger partial charge in [-0.2, -0.15) is 0 Å². The van der Waals surface area contributed by atoms with E-state index in [0.29, 0.717) is 43.4 Å². The van der Waals surface area contributed by atoms with Crippen LogP contribution >= 0.6 is 0 Å². The third-order valence-corrected chi connectivity index (χ3v) is 7.47. The van der Waals surface area contributed by atoms with Crippen LogP contribution < -0.4 is 14.8 Å². The van der Waals surface area contributed by atoms with Gasteiger partial charge in [0.25, 0.3) is 5.91 Å². The number of methoxy groups -OCH3 is 3. The number of benzene rings is 1. The summed E-state index contributed by atoms with van der Waals surface area (Å²) in [5, 5.41) is 3.47. The Morgan fingerprint density at radius 3 is 2.31 bits per heavy atom. The fraction of sp³-hybridized carbons (Fsp3) is 0.690. The lowest BCUT2D eigenvalue weighted by Gasteiger charge is -2.33. The second-order valence-corrected chi connectivity index (χ2v) is 10.6. The van der Waals surface area contributed by atoms with E-state index >= 15 is 0 Å². The van der Waals surface area contributed by atoms with Crippen LogP contribution in [0.3, 0.4) is 0 Å². The van der Waals surface area contributed by atoms with E-state index in [-0.39, 0.29) is 54.5 Å². The molecule has 1 aromatic rings. The summed E-state index contributed by atoms with van der Waals surface area (Å²) < 4.78 is 21.1. The molecule has 1 N–H and O–H groups in total. The number of carbonyl (C=O) groups excluding carboxylic acids is 3. The lowest BCUT2D eigenvalue weighted by Crippen LogP contribution is -2.45. The molecule has 0 bridgehead atoms. The topological polar surface area (TPSA) is 107 Å². The largest absolute Gasteiger partial charge is 0.493 e. The van der Waals surface area contributed by atoms with Crippen molar-refractivity contribution in [1.82, 2.24) is 15.1 Å². The monoisotopic (exact) mass is 547 g/mol. The first-order chi connectivity index (χ1) is 18.8. The highest BCUT2D eigenvalue weighted by Gasteiger charge is 2.38. The van der Waals surface area contributed by atoms with Gasteiger partial charge in [-0.3, -0.25) is 14.4 Å². The van der Waals surface area contributed by atoms with Gasteiger partial charge in [0.15, 0.2) is 11.5 Å². The van der Waals surface area contributed by atoms with Gasteiger partial charge in [0.1, 0.15) is 0 Å². The van der Waals surface area contributed by atoms with Crippen LogP contribution in [0.2, 0.25) is 0 Å². The molecule has 1 saturated heterocycles. The molecule has 2 unspecified atom stereocenters. The Kier molecular flexibility index (Phi) is 11.9. The summed E-state index contributed by atoms with van der Waals surface area (Å²) in [6.07, 6.45) is 2.99. The van der Waals surface area contributed by atoms with Crippen molar-refractivity contribution in [2.24, 2.45) is 11.8 Å². The van der Waals surface area contributed by atoms with Crippen LogP contribution in [0.5, 0.6) is 11.5 Å². The quantitative estimate of drug-likeness (QED) is 0.249. The molecule has 1 heterocycles. The summed E-state index contributed by atoms with van der Waals surface area (Å²) in [5.74, 6) is 1.11. The molecule has 10 heteroatoms. The van der Waals surface area contributed by atoms with Crippen molar-refractivity contribution in [2.45, 2.75) is 58.0 Å². The van der Waals surface area contributed by atoms with Crippen molar-refractivity contribution in [3.8, 4) is 11.5 Å². The van der Waals surface area contributed by atoms with Crippen molar-refractivity contribution in [3.05, 3.63) is 23.8 Å². The van der Waals surface area contributed by atoms with E-state index in [1.807, 2.05) is 23.6 Å². The molecule has 2 atom stereocenters. The van der Waals surface area contributed by atoms with E-state index in [9.17, 15) is 14.4 Å². The smallest absolute Gasteiger partial charge is 0.306 e. The second kappa shape index (κ2) is 15.1. The van der Waals surface area contributed by atoms with Gasteiger partial charge in [-0.05, 0) is 56.7 Å². The van der Waals surface area contributed by atoms with Crippen molar-refractivity contribution in [1.29, 1.82) is 0 Å². The molecule has 1 aliphatic carbocycles. The first-order valence-electron chi connectivity index (χ1n) is 14.0. The molecular formula is C29H45N3O7. The molecule has 1 aromatic carbocycles. The van der Waals surface area contributed by atoms with E-state index in [2.05, 4.69) is 5.32 Å². The number of hydrogen-bond acceptors (Lipinski definition) is 8. The Balaban J connectivity index is 1.68. The average Bonchev–Trinajstić information content (AvgIpc) is 3.69. The fourth-order valence-corrected chi connectivity index (χ4v) is 5.02. The first-order valence-corrected chi connectivity index (χ1v) is 14.0. The standard InChI is InChI=1S/C29H45N3O7/c1-20(2)31(29(35)21-7-10-25(37-4)26(15-21)39-14-6-13-36-3)18-22-16-30-17-23(22)19-32(24-8-9-24)27(33)11-12-28(34)38-5/h7,10,15,20,22-24,30H,6,8-9,11-14,16-19H2,1-5H3. The Bertz CT molecular complexity index is 966. The van der Waals surface area contributed by atoms with E-state index in [0.717, 1.165) is 32.4 Å². The van der Waals surface area contributed by atoms with Gasteiger partial charge in [-0.25, -0.2) is 0 Å². The Morgan fingerprint density at radius 1 is 0.974 bits per heavy atom. The molecule has 0 aromatic heterocycles. The highest BCUT2D eigenvalue weighted by molar-refractivity contribution is 5.95. The number of hydrogen-bond donors (Lipinski definition) is 1. The minimum absolute atomic E-state index is 0.00148. The summed E-state index contributed by atoms with van der Waals surface area (Å²) in [6.45, 7) is 7.88. The second-order valence-electron chi connectivity index (χ2n) is 10.6. The molecule has 2 amide bonds. The summed E-state index contributed by atoms with van der Waals surface area (Å²) in [6, 6.07) is 5.54. The van der Waals surface area contributed by atoms with Crippen LogP contribution in [0, 0.1) is 11.8 Å². The zero-order valence-electron chi connectivity index (χ0n) is 24.1. The van der Waals surface area contributed by atoms with Crippen molar-refractivity contribution in [3.63, 3.8) is 0 Å². The van der Waals surface area contributed by atoms with Gasteiger partial charge in [-0.1, -0.05) is 0 Å². The van der Waals surface area contributed by atoms with Crippen molar-refractivity contribution < 1.29 is 33.3 Å². The van der Waals surface area contributed by atoms with E-state index in [1.54, 1.807) is 32.4 Å². The van der Waals surface area contributed by atoms with E-state index < -0.39 is 0 Å². The fourth-order valence-electron chi connectivity index (χ4n) is 5.02. The molecule has 39 heavy (non-hydrogen) atoms. The van der Waals surface area contributed by atoms with Gasteiger partial charge in [-0.15, -0.1) is 0 Å². The molecule has 2 aliphatic rings. The minimum atomic E-state index is -0.368. The minimum Gasteiger partial charge on any atom is -0.493 e. The zero-order valence-corrected chi connectivity index (χ0v) is 24.1. The molecule has 0 spiro atoms. The van der Waals surface area contributed by atoms with Crippen LogP contribution in [0.1, 0.15) is 56.3 Å². The maximum atomic E-state index is 13.7. The molecular weight excluding hydrogens is 502 g/mol. The van der Waals surface area contributed by atoms with Crippen LogP contribution in [0.25, 0.3) is 0 Å². The first kappa shape index (κ1) is 30.7. The van der Waals surface area contributed by atoms with Gasteiger partial charge in [0.2, 0.25) is 5.91 Å². The summed E-state index contributed by atoms with van der Waals surface area (Å²) in [7, 11) is 4.57. The highest BCUT2D eigenvalue weighted by Crippen LogP contribution is 2.32. The number of rotatable bonds is 16. The van der Waals surface area contributed by atoms with Gasteiger partial charge in [0, 0.05) is 70.4 Å². The molecule has 3 rings (SSSR count). The molecule has 1 saturated carbocycles. The SMILES string of the molecule is COCCCOc1cc(C(=O)N(CC2CNCC2CN(C(=O)CCC(=O)OC)C2CC2)C(C)C)ccc1OC. The predicted molar refractivity (Wildman–Crippen MR) is 147 cm³/mol. The molecule has 2 fully saturated rings. The zero-order chi connectivity index (χ0) is 28.4. The average molecular weight is 548 g/mol. The normalized spacial score (nSPS) is 18.6. The Morgan fingerprint density at radius 2 is 1.69 bits per heavy atom. The van der Waals surface area contributed by atoms with Crippen molar-refractivity contribution >= 4 is 17.8 Å². The summed E-state index contributed by atoms with van der Waals surface area (Å²) in [4.78, 5) is 42.1. The van der Waals surface area contributed by atoms with E-state index in [1.165, 1.54) is 7.11 Å². The predicted octanol–water partition coefficient (Wildman–Crippen LogP) is 2.74. The Hall–Kier alpha value is -2.85. The van der Waals surface area contributed by atoms with Gasteiger partial charge < -0.3 is 34.1 Å². The third-order valence-electron chi connectivity index (χ3n) is 7.47. The van der Waals surface area contributed by atoms with Crippen LogP contribution in [-0.2, 0) is 19.1 Å². The third kappa shape index (κ3) is 8.83. The Labute approximate surface area is 232 Å². The van der Waals surface area contributed by atoms with Crippen LogP contribution in [-0.4, -0.2) is 100 Å². The van der Waals surface area contributed by atoms with Gasteiger partial charge >= 0.3 is 5.97 Å². The number of amides is 2.